The van der Waals surface area contributed by atoms with Crippen molar-refractivity contribution in [3.63, 3.8) is 0 Å². The molecule has 0 fully saturated rings. The average Bonchev–Trinajstić information content (AvgIpc) is 3.26. The third-order valence-corrected chi connectivity index (χ3v) is 6.43. The minimum absolute atomic E-state index is 0.00797. The first kappa shape index (κ1) is 20.7. The van der Waals surface area contributed by atoms with Crippen molar-refractivity contribution < 1.29 is 18.3 Å². The molecule has 0 aliphatic heterocycles. The summed E-state index contributed by atoms with van der Waals surface area (Å²) in [5.41, 5.74) is 0.432. The number of fused-ring (bicyclic) bond motifs is 1. The summed E-state index contributed by atoms with van der Waals surface area (Å²) in [6.45, 7) is 0.262. The molecule has 4 aromatic rings. The van der Waals surface area contributed by atoms with Gasteiger partial charge < -0.3 is 9.84 Å². The zero-order chi connectivity index (χ0) is 22.0. The molecule has 1 aromatic carbocycles. The molecule has 0 unspecified atom stereocenters. The Hall–Kier alpha value is -3.57. The maximum atomic E-state index is 12.9. The van der Waals surface area contributed by atoms with Gasteiger partial charge in [-0.2, -0.15) is 10.2 Å². The lowest BCUT2D eigenvalue weighted by Gasteiger charge is -2.08. The van der Waals surface area contributed by atoms with E-state index in [1.54, 1.807) is 18.3 Å². The normalized spacial score (nSPS) is 11.7. The van der Waals surface area contributed by atoms with E-state index >= 15 is 0 Å². The van der Waals surface area contributed by atoms with E-state index in [0.717, 1.165) is 5.56 Å². The molecule has 0 saturated carbocycles. The van der Waals surface area contributed by atoms with E-state index in [1.165, 1.54) is 53.3 Å². The van der Waals surface area contributed by atoms with Gasteiger partial charge in [0.15, 0.2) is 0 Å². The lowest BCUT2D eigenvalue weighted by Crippen LogP contribution is -2.23. The average molecular weight is 441 g/mol. The van der Waals surface area contributed by atoms with Crippen molar-refractivity contribution in [3.8, 4) is 5.88 Å². The minimum atomic E-state index is -3.83. The summed E-state index contributed by atoms with van der Waals surface area (Å²) in [6.07, 6.45) is 5.65. The Morgan fingerprint density at radius 3 is 2.61 bits per heavy atom. The molecule has 3 aromatic heterocycles. The van der Waals surface area contributed by atoms with E-state index in [1.807, 2.05) is 0 Å². The summed E-state index contributed by atoms with van der Waals surface area (Å²) in [5, 5.41) is 17.9. The Morgan fingerprint density at radius 1 is 1.06 bits per heavy atom. The van der Waals surface area contributed by atoms with Crippen molar-refractivity contribution in [2.75, 3.05) is 13.7 Å². The van der Waals surface area contributed by atoms with Crippen LogP contribution in [-0.4, -0.2) is 51.8 Å². The zero-order valence-electron chi connectivity index (χ0n) is 16.5. The fourth-order valence-corrected chi connectivity index (χ4v) is 4.34. The van der Waals surface area contributed by atoms with Crippen LogP contribution in [0, 0.1) is 0 Å². The second-order valence-corrected chi connectivity index (χ2v) is 8.68. The quantitative estimate of drug-likeness (QED) is 0.447. The zero-order valence-corrected chi connectivity index (χ0v) is 17.4. The summed E-state index contributed by atoms with van der Waals surface area (Å²) < 4.78 is 33.5. The second-order valence-electron chi connectivity index (χ2n) is 6.73. The number of sulfone groups is 1. The van der Waals surface area contributed by atoms with Crippen molar-refractivity contribution in [3.05, 3.63) is 71.0 Å². The van der Waals surface area contributed by atoms with E-state index in [-0.39, 0.29) is 35.0 Å². The van der Waals surface area contributed by atoms with Crippen LogP contribution in [0.4, 0.5) is 0 Å². The molecule has 1 N–H and O–H groups in total. The number of ether oxygens (including phenoxy) is 1. The van der Waals surface area contributed by atoms with E-state index in [2.05, 4.69) is 15.2 Å². The lowest BCUT2D eigenvalue weighted by atomic mass is 10.2. The highest BCUT2D eigenvalue weighted by molar-refractivity contribution is 7.91. The van der Waals surface area contributed by atoms with Crippen molar-refractivity contribution in [1.29, 1.82) is 0 Å². The predicted molar refractivity (Wildman–Crippen MR) is 111 cm³/mol. The molecule has 4 rings (SSSR count). The highest BCUT2D eigenvalue weighted by Crippen LogP contribution is 2.23. The van der Waals surface area contributed by atoms with E-state index < -0.39 is 9.84 Å². The van der Waals surface area contributed by atoms with Crippen molar-refractivity contribution in [2.45, 2.75) is 22.9 Å². The number of benzene rings is 1. The smallest absolute Gasteiger partial charge is 0.274 e. The number of hydrogen-bond acceptors (Lipinski definition) is 8. The van der Waals surface area contributed by atoms with Crippen LogP contribution < -0.4 is 10.3 Å². The first-order valence-electron chi connectivity index (χ1n) is 9.29. The van der Waals surface area contributed by atoms with Gasteiger partial charge in [-0.05, 0) is 23.8 Å². The number of hydrogen-bond donors (Lipinski definition) is 1. The fraction of sp³-hybridized carbons (Fsp3) is 0.200. The standard InChI is InChI=1S/C20H19N5O5S/c1-30-19-5-2-14(9-21-19)12-25-20(27)18-4-3-16(8-15(18)10-23-25)31(28,29)17-11-22-24(13-17)6-7-26/h2-5,8-11,13,26H,6-7,12H2,1H3. The molecule has 160 valence electrons. The van der Waals surface area contributed by atoms with Crippen molar-refractivity contribution >= 4 is 20.6 Å². The molecule has 0 radical (unpaired) electrons. The van der Waals surface area contributed by atoms with Crippen LogP contribution in [0.1, 0.15) is 5.56 Å². The summed E-state index contributed by atoms with van der Waals surface area (Å²) in [6, 6.07) is 7.77. The van der Waals surface area contributed by atoms with Gasteiger partial charge in [-0.15, -0.1) is 0 Å². The van der Waals surface area contributed by atoms with Crippen LogP contribution in [0.2, 0.25) is 0 Å². The number of nitrogens with zero attached hydrogens (tertiary/aromatic N) is 5. The molecule has 3 heterocycles. The van der Waals surface area contributed by atoms with Crippen molar-refractivity contribution in [2.24, 2.45) is 0 Å². The summed E-state index contributed by atoms with van der Waals surface area (Å²) >= 11 is 0. The predicted octanol–water partition coefficient (Wildman–Crippen LogP) is 0.870. The molecule has 11 heteroatoms. The van der Waals surface area contributed by atoms with Gasteiger partial charge in [-0.3, -0.25) is 9.48 Å². The minimum Gasteiger partial charge on any atom is -0.481 e. The molecule has 10 nitrogen and oxygen atoms in total. The van der Waals surface area contributed by atoms with Crippen LogP contribution >= 0.6 is 0 Å². The molecule has 0 bridgehead atoms. The number of rotatable bonds is 7. The third kappa shape index (κ3) is 4.05. The van der Waals surface area contributed by atoms with Gasteiger partial charge in [0.05, 0.1) is 49.5 Å². The molecule has 0 amide bonds. The van der Waals surface area contributed by atoms with Gasteiger partial charge >= 0.3 is 0 Å². The monoisotopic (exact) mass is 441 g/mol. The maximum absolute atomic E-state index is 12.9. The highest BCUT2D eigenvalue weighted by Gasteiger charge is 2.21. The molecule has 31 heavy (non-hydrogen) atoms. The maximum Gasteiger partial charge on any atom is 0.274 e. The van der Waals surface area contributed by atoms with Gasteiger partial charge in [-0.1, -0.05) is 6.07 Å². The second kappa shape index (κ2) is 8.28. The first-order valence-corrected chi connectivity index (χ1v) is 10.8. The van der Waals surface area contributed by atoms with Gasteiger partial charge in [-0.25, -0.2) is 18.1 Å². The van der Waals surface area contributed by atoms with E-state index in [0.29, 0.717) is 16.7 Å². The first-order chi connectivity index (χ1) is 14.9. The number of pyridine rings is 1. The molecule has 0 aliphatic carbocycles. The van der Waals surface area contributed by atoms with Gasteiger partial charge in [0.25, 0.3) is 5.56 Å². The van der Waals surface area contributed by atoms with Crippen LogP contribution in [0.25, 0.3) is 10.8 Å². The highest BCUT2D eigenvalue weighted by atomic mass is 32.2. The molecular formula is C20H19N5O5S. The Kier molecular flexibility index (Phi) is 5.53. The Labute approximate surface area is 177 Å². The number of methoxy groups -OCH3 is 1. The molecule has 0 atom stereocenters. The van der Waals surface area contributed by atoms with Gasteiger partial charge in [0.2, 0.25) is 15.7 Å². The van der Waals surface area contributed by atoms with Crippen LogP contribution in [0.3, 0.4) is 0 Å². The van der Waals surface area contributed by atoms with E-state index in [9.17, 15) is 13.2 Å². The Bertz CT molecular complexity index is 1390. The largest absolute Gasteiger partial charge is 0.481 e. The molecule has 0 spiro atoms. The summed E-state index contributed by atoms with van der Waals surface area (Å²) in [4.78, 5) is 17.0. The number of aliphatic hydroxyl groups is 1. The Morgan fingerprint density at radius 2 is 1.90 bits per heavy atom. The van der Waals surface area contributed by atoms with Crippen molar-refractivity contribution in [1.82, 2.24) is 24.5 Å². The number of aromatic nitrogens is 5. The molecular weight excluding hydrogens is 422 g/mol. The van der Waals surface area contributed by atoms with Gasteiger partial charge in [0, 0.05) is 23.8 Å². The Balaban J connectivity index is 1.66. The van der Waals surface area contributed by atoms with Gasteiger partial charge in [0.1, 0.15) is 4.90 Å². The molecule has 0 saturated heterocycles. The van der Waals surface area contributed by atoms with Crippen LogP contribution in [0.5, 0.6) is 5.88 Å². The number of aliphatic hydroxyl groups excluding tert-OH is 1. The third-order valence-electron chi connectivity index (χ3n) is 4.72. The molecule has 0 aliphatic rings. The fourth-order valence-electron chi connectivity index (χ4n) is 3.09. The topological polar surface area (TPSA) is 129 Å². The SMILES string of the molecule is COc1ccc(Cn2ncc3cc(S(=O)(=O)c4cnn(CCO)c4)ccc3c2=O)cn1. The summed E-state index contributed by atoms with van der Waals surface area (Å²) in [5.74, 6) is 0.471. The van der Waals surface area contributed by atoms with Crippen LogP contribution in [0.15, 0.2) is 69.7 Å². The lowest BCUT2D eigenvalue weighted by molar-refractivity contribution is 0.269. The summed E-state index contributed by atoms with van der Waals surface area (Å²) in [7, 11) is -2.31. The van der Waals surface area contributed by atoms with Crippen LogP contribution in [-0.2, 0) is 22.9 Å². The van der Waals surface area contributed by atoms with E-state index in [4.69, 9.17) is 9.84 Å².